The lowest BCUT2D eigenvalue weighted by molar-refractivity contribution is -0.156. The number of ketones is 1. The zero-order valence-electron chi connectivity index (χ0n) is 8.54. The highest BCUT2D eigenvalue weighted by molar-refractivity contribution is 5.84. The Kier molecular flexibility index (Phi) is 1.79. The molecule has 4 aliphatic carbocycles. The minimum absolute atomic E-state index is 0.0000231. The van der Waals surface area contributed by atoms with E-state index in [1.165, 1.54) is 25.7 Å². The summed E-state index contributed by atoms with van der Waals surface area (Å²) in [7, 11) is 0. The van der Waals surface area contributed by atoms with Crippen molar-refractivity contribution in [2.24, 2.45) is 17.3 Å². The lowest BCUT2D eigenvalue weighted by Gasteiger charge is -2.55. The Morgan fingerprint density at radius 2 is 2.21 bits per heavy atom. The average molecular weight is 194 g/mol. The standard InChI is InChI=1S/C12H18O2/c13-10-6-12-4-2-1-3-8(12)5-9(10)11(14)7-12/h8-10,13H,1-7H2/t8-,9-,10+,12+/m0/s1. The van der Waals surface area contributed by atoms with Gasteiger partial charge < -0.3 is 5.11 Å². The van der Waals surface area contributed by atoms with E-state index < -0.39 is 0 Å². The van der Waals surface area contributed by atoms with Gasteiger partial charge in [0, 0.05) is 12.3 Å². The van der Waals surface area contributed by atoms with Crippen molar-refractivity contribution in [3.05, 3.63) is 0 Å². The van der Waals surface area contributed by atoms with Crippen LogP contribution < -0.4 is 0 Å². The van der Waals surface area contributed by atoms with Crippen LogP contribution in [0.4, 0.5) is 0 Å². The number of fused-ring (bicyclic) bond motifs is 2. The molecule has 4 aliphatic rings. The van der Waals surface area contributed by atoms with E-state index in [1.54, 1.807) is 0 Å². The zero-order chi connectivity index (χ0) is 9.76. The van der Waals surface area contributed by atoms with Gasteiger partial charge in [-0.15, -0.1) is 0 Å². The first-order valence-electron chi connectivity index (χ1n) is 5.92. The molecule has 4 fully saturated rings. The van der Waals surface area contributed by atoms with E-state index in [9.17, 15) is 9.90 Å². The van der Waals surface area contributed by atoms with E-state index in [2.05, 4.69) is 0 Å². The SMILES string of the molecule is O=C1C[C@]23CCCC[C@H]2C[C@H]1[C@H](O)C3. The van der Waals surface area contributed by atoms with Crippen LogP contribution in [-0.2, 0) is 4.79 Å². The van der Waals surface area contributed by atoms with Gasteiger partial charge in [-0.2, -0.15) is 0 Å². The molecule has 0 unspecified atom stereocenters. The van der Waals surface area contributed by atoms with Crippen LogP contribution >= 0.6 is 0 Å². The lowest BCUT2D eigenvalue weighted by atomic mass is 9.49. The van der Waals surface area contributed by atoms with Crippen LogP contribution in [0, 0.1) is 17.3 Å². The van der Waals surface area contributed by atoms with Gasteiger partial charge in [0.1, 0.15) is 5.78 Å². The molecule has 4 saturated carbocycles. The first-order valence-corrected chi connectivity index (χ1v) is 5.92. The predicted molar refractivity (Wildman–Crippen MR) is 52.7 cm³/mol. The van der Waals surface area contributed by atoms with Crippen molar-refractivity contribution in [2.45, 2.75) is 51.0 Å². The Morgan fingerprint density at radius 1 is 1.36 bits per heavy atom. The van der Waals surface area contributed by atoms with Gasteiger partial charge in [0.05, 0.1) is 6.10 Å². The highest BCUT2D eigenvalue weighted by Crippen LogP contribution is 2.58. The molecule has 2 bridgehead atoms. The van der Waals surface area contributed by atoms with Crippen molar-refractivity contribution in [1.82, 2.24) is 0 Å². The van der Waals surface area contributed by atoms with Gasteiger partial charge in [-0.05, 0) is 37.0 Å². The minimum Gasteiger partial charge on any atom is -0.392 e. The summed E-state index contributed by atoms with van der Waals surface area (Å²) < 4.78 is 0. The summed E-state index contributed by atoms with van der Waals surface area (Å²) in [6.45, 7) is 0. The van der Waals surface area contributed by atoms with E-state index in [1.807, 2.05) is 0 Å². The molecule has 4 atom stereocenters. The number of carbonyl (C=O) groups is 1. The number of aliphatic hydroxyl groups is 1. The topological polar surface area (TPSA) is 37.3 Å². The molecule has 0 radical (unpaired) electrons. The molecule has 4 rings (SSSR count). The van der Waals surface area contributed by atoms with Crippen LogP contribution in [0.25, 0.3) is 0 Å². The smallest absolute Gasteiger partial charge is 0.139 e. The van der Waals surface area contributed by atoms with Crippen LogP contribution in [0.3, 0.4) is 0 Å². The molecule has 0 aliphatic heterocycles. The first kappa shape index (κ1) is 8.90. The van der Waals surface area contributed by atoms with Crippen molar-refractivity contribution in [3.8, 4) is 0 Å². The molecule has 0 aromatic carbocycles. The molecule has 0 saturated heterocycles. The number of rotatable bonds is 0. The van der Waals surface area contributed by atoms with E-state index in [0.29, 0.717) is 5.78 Å². The van der Waals surface area contributed by atoms with Gasteiger partial charge in [0.25, 0.3) is 0 Å². The molecule has 14 heavy (non-hydrogen) atoms. The monoisotopic (exact) mass is 194 g/mol. The van der Waals surface area contributed by atoms with Gasteiger partial charge in [-0.3, -0.25) is 4.79 Å². The Balaban J connectivity index is 1.94. The second-order valence-corrected chi connectivity index (χ2v) is 5.56. The van der Waals surface area contributed by atoms with Crippen molar-refractivity contribution >= 4 is 5.78 Å². The van der Waals surface area contributed by atoms with Gasteiger partial charge in [0.2, 0.25) is 0 Å². The quantitative estimate of drug-likeness (QED) is 0.639. The average Bonchev–Trinajstić information content (AvgIpc) is 2.15. The second-order valence-electron chi connectivity index (χ2n) is 5.56. The Labute approximate surface area is 84.7 Å². The normalized spacial score (nSPS) is 51.8. The summed E-state index contributed by atoms with van der Waals surface area (Å²) in [5, 5.41) is 9.88. The van der Waals surface area contributed by atoms with Crippen molar-refractivity contribution < 1.29 is 9.90 Å². The van der Waals surface area contributed by atoms with Gasteiger partial charge >= 0.3 is 0 Å². The van der Waals surface area contributed by atoms with E-state index in [-0.39, 0.29) is 17.4 Å². The molecule has 78 valence electrons. The number of aliphatic hydroxyl groups excluding tert-OH is 1. The van der Waals surface area contributed by atoms with Crippen LogP contribution in [0.5, 0.6) is 0 Å². The second kappa shape index (κ2) is 2.82. The zero-order valence-corrected chi connectivity index (χ0v) is 8.54. The minimum atomic E-state index is -0.314. The van der Waals surface area contributed by atoms with E-state index in [0.717, 1.165) is 25.2 Å². The fraction of sp³-hybridized carbons (Fsp3) is 0.917. The largest absolute Gasteiger partial charge is 0.392 e. The molecule has 0 aromatic heterocycles. The fourth-order valence-corrected chi connectivity index (χ4v) is 4.17. The summed E-state index contributed by atoms with van der Waals surface area (Å²) in [6, 6.07) is 0. The third-order valence-electron chi connectivity index (χ3n) is 4.90. The Bertz CT molecular complexity index is 273. The van der Waals surface area contributed by atoms with Crippen molar-refractivity contribution in [2.75, 3.05) is 0 Å². The number of Topliss-reactive ketones (excluding diaryl/α,β-unsaturated/α-hetero) is 1. The maximum Gasteiger partial charge on any atom is 0.139 e. The molecule has 0 aromatic rings. The molecule has 0 amide bonds. The fourth-order valence-electron chi connectivity index (χ4n) is 4.17. The van der Waals surface area contributed by atoms with E-state index >= 15 is 0 Å². The first-order chi connectivity index (χ1) is 6.71. The number of hydrogen-bond acceptors (Lipinski definition) is 2. The Hall–Kier alpha value is -0.370. The van der Waals surface area contributed by atoms with Gasteiger partial charge in [-0.1, -0.05) is 12.8 Å². The summed E-state index contributed by atoms with van der Waals surface area (Å²) in [5.74, 6) is 1.10. The van der Waals surface area contributed by atoms with Crippen molar-refractivity contribution in [1.29, 1.82) is 0 Å². The molecule has 2 heteroatoms. The molecule has 2 nitrogen and oxygen atoms in total. The molecule has 0 heterocycles. The number of carbonyl (C=O) groups excluding carboxylic acids is 1. The third-order valence-corrected chi connectivity index (χ3v) is 4.90. The van der Waals surface area contributed by atoms with Crippen LogP contribution in [0.15, 0.2) is 0 Å². The summed E-state index contributed by atoms with van der Waals surface area (Å²) >= 11 is 0. The number of hydrogen-bond donors (Lipinski definition) is 1. The van der Waals surface area contributed by atoms with Crippen LogP contribution in [0.2, 0.25) is 0 Å². The summed E-state index contributed by atoms with van der Waals surface area (Å²) in [5.41, 5.74) is 0.226. The summed E-state index contributed by atoms with van der Waals surface area (Å²) in [4.78, 5) is 11.8. The van der Waals surface area contributed by atoms with Crippen LogP contribution in [-0.4, -0.2) is 17.0 Å². The summed E-state index contributed by atoms with van der Waals surface area (Å²) in [6.07, 6.45) is 7.45. The van der Waals surface area contributed by atoms with Crippen molar-refractivity contribution in [3.63, 3.8) is 0 Å². The van der Waals surface area contributed by atoms with Gasteiger partial charge in [-0.25, -0.2) is 0 Å². The van der Waals surface area contributed by atoms with Gasteiger partial charge in [0.15, 0.2) is 0 Å². The molecular weight excluding hydrogens is 176 g/mol. The van der Waals surface area contributed by atoms with Crippen LogP contribution in [0.1, 0.15) is 44.9 Å². The molecule has 1 spiro atoms. The maximum atomic E-state index is 11.8. The van der Waals surface area contributed by atoms with E-state index in [4.69, 9.17) is 0 Å². The molecular formula is C12H18O2. The lowest BCUT2D eigenvalue weighted by Crippen LogP contribution is -2.54. The highest BCUT2D eigenvalue weighted by Gasteiger charge is 2.55. The maximum absolute atomic E-state index is 11.8. The molecule has 1 N–H and O–H groups in total. The Morgan fingerprint density at radius 3 is 3.00 bits per heavy atom. The highest BCUT2D eigenvalue weighted by atomic mass is 16.3. The third kappa shape index (κ3) is 1.04. The predicted octanol–water partition coefficient (Wildman–Crippen LogP) is 1.91.